The lowest BCUT2D eigenvalue weighted by molar-refractivity contribution is 0.0600. The molecule has 0 unspecified atom stereocenters. The lowest BCUT2D eigenvalue weighted by atomic mass is 10.1. The van der Waals surface area contributed by atoms with Gasteiger partial charge < -0.3 is 10.1 Å². The van der Waals surface area contributed by atoms with E-state index in [-0.39, 0.29) is 12.5 Å². The summed E-state index contributed by atoms with van der Waals surface area (Å²) in [6, 6.07) is 9.06. The van der Waals surface area contributed by atoms with Crippen LogP contribution in [0.4, 0.5) is 0 Å². The minimum absolute atomic E-state index is 0.134. The molecule has 0 fully saturated rings. The number of benzene rings is 1. The molecule has 1 aromatic carbocycles. The number of rotatable bonds is 4. The lowest BCUT2D eigenvalue weighted by Gasteiger charge is -2.07. The zero-order chi connectivity index (χ0) is 16.2. The highest BCUT2D eigenvalue weighted by Gasteiger charge is 2.14. The molecule has 0 atom stereocenters. The van der Waals surface area contributed by atoms with Crippen molar-refractivity contribution in [2.24, 2.45) is 0 Å². The summed E-state index contributed by atoms with van der Waals surface area (Å²) in [6.07, 6.45) is 4.83. The number of nitrogens with zero attached hydrogens (tertiary/aromatic N) is 1. The number of ether oxygens (including phenoxy) is 1. The molecule has 1 aliphatic rings. The van der Waals surface area contributed by atoms with E-state index in [4.69, 9.17) is 0 Å². The second-order valence-corrected chi connectivity index (χ2v) is 5.55. The van der Waals surface area contributed by atoms with Crippen molar-refractivity contribution in [2.45, 2.75) is 25.8 Å². The third-order valence-electron chi connectivity index (χ3n) is 4.03. The van der Waals surface area contributed by atoms with Crippen LogP contribution in [0, 0.1) is 0 Å². The number of aromatic nitrogens is 1. The third-order valence-corrected chi connectivity index (χ3v) is 4.03. The molecular formula is C18H18N2O3. The second-order valence-electron chi connectivity index (χ2n) is 5.55. The molecule has 0 spiro atoms. The van der Waals surface area contributed by atoms with Gasteiger partial charge in [-0.05, 0) is 54.7 Å². The van der Waals surface area contributed by atoms with Gasteiger partial charge in [0, 0.05) is 11.8 Å². The van der Waals surface area contributed by atoms with Crippen molar-refractivity contribution in [2.75, 3.05) is 7.11 Å². The summed E-state index contributed by atoms with van der Waals surface area (Å²) >= 11 is 0. The Labute approximate surface area is 134 Å². The fraction of sp³-hybridized carbons (Fsp3) is 0.278. The van der Waals surface area contributed by atoms with Crippen LogP contribution in [0.2, 0.25) is 0 Å². The number of esters is 1. The average molecular weight is 310 g/mol. The number of aryl methyl sites for hydroxylation is 2. The molecule has 1 N–H and O–H groups in total. The maximum absolute atomic E-state index is 12.3. The third kappa shape index (κ3) is 3.39. The number of pyridine rings is 1. The molecule has 2 aromatic rings. The number of hydrogen-bond donors (Lipinski definition) is 1. The highest BCUT2D eigenvalue weighted by Crippen LogP contribution is 2.22. The molecule has 1 aliphatic carbocycles. The van der Waals surface area contributed by atoms with Crippen LogP contribution in [0.25, 0.3) is 0 Å². The highest BCUT2D eigenvalue weighted by atomic mass is 16.5. The van der Waals surface area contributed by atoms with Gasteiger partial charge in [-0.2, -0.15) is 0 Å². The number of nitrogens with one attached hydrogen (secondary N) is 1. The van der Waals surface area contributed by atoms with Gasteiger partial charge in [-0.1, -0.05) is 6.07 Å². The highest BCUT2D eigenvalue weighted by molar-refractivity contribution is 5.94. The molecule has 5 nitrogen and oxygen atoms in total. The fourth-order valence-electron chi connectivity index (χ4n) is 2.81. The van der Waals surface area contributed by atoms with E-state index in [9.17, 15) is 9.59 Å². The first-order valence-electron chi connectivity index (χ1n) is 7.60. The Morgan fingerprint density at radius 2 is 1.96 bits per heavy atom. The Kier molecular flexibility index (Phi) is 4.37. The molecule has 5 heteroatoms. The van der Waals surface area contributed by atoms with Gasteiger partial charge in [-0.3, -0.25) is 9.78 Å². The van der Waals surface area contributed by atoms with Gasteiger partial charge in [-0.15, -0.1) is 0 Å². The molecule has 0 saturated heterocycles. The predicted molar refractivity (Wildman–Crippen MR) is 85.2 cm³/mol. The largest absolute Gasteiger partial charge is 0.465 e. The molecule has 0 saturated carbocycles. The topological polar surface area (TPSA) is 68.3 Å². The first-order chi connectivity index (χ1) is 11.2. The minimum atomic E-state index is -0.418. The summed E-state index contributed by atoms with van der Waals surface area (Å²) in [6.45, 7) is 0.265. The van der Waals surface area contributed by atoms with Crippen molar-refractivity contribution >= 4 is 11.9 Å². The van der Waals surface area contributed by atoms with E-state index < -0.39 is 5.97 Å². The molecule has 1 heterocycles. The quantitative estimate of drug-likeness (QED) is 0.880. The van der Waals surface area contributed by atoms with Crippen LogP contribution in [-0.4, -0.2) is 24.0 Å². The van der Waals surface area contributed by atoms with Crippen molar-refractivity contribution in [3.8, 4) is 0 Å². The van der Waals surface area contributed by atoms with E-state index in [1.165, 1.54) is 24.4 Å². The van der Waals surface area contributed by atoms with Crippen LogP contribution in [0.1, 0.15) is 44.0 Å². The van der Waals surface area contributed by atoms with E-state index in [2.05, 4.69) is 15.0 Å². The summed E-state index contributed by atoms with van der Waals surface area (Å²) in [5.41, 5.74) is 4.30. The van der Waals surface area contributed by atoms with Crippen LogP contribution in [-0.2, 0) is 24.1 Å². The Morgan fingerprint density at radius 1 is 1.13 bits per heavy atom. The monoisotopic (exact) mass is 310 g/mol. The van der Waals surface area contributed by atoms with Crippen LogP contribution in [0.3, 0.4) is 0 Å². The van der Waals surface area contributed by atoms with Crippen molar-refractivity contribution in [3.05, 3.63) is 64.5 Å². The summed E-state index contributed by atoms with van der Waals surface area (Å²) in [7, 11) is 1.33. The van der Waals surface area contributed by atoms with Crippen molar-refractivity contribution in [1.82, 2.24) is 10.3 Å². The Morgan fingerprint density at radius 3 is 2.78 bits per heavy atom. The van der Waals surface area contributed by atoms with Crippen LogP contribution < -0.4 is 5.32 Å². The Hall–Kier alpha value is -2.69. The molecule has 0 aliphatic heterocycles. The zero-order valence-corrected chi connectivity index (χ0v) is 13.0. The average Bonchev–Trinajstić information content (AvgIpc) is 3.06. The van der Waals surface area contributed by atoms with Crippen molar-refractivity contribution in [3.63, 3.8) is 0 Å². The molecule has 0 radical (unpaired) electrons. The number of hydrogen-bond acceptors (Lipinski definition) is 4. The first-order valence-corrected chi connectivity index (χ1v) is 7.60. The maximum atomic E-state index is 12.3. The summed E-state index contributed by atoms with van der Waals surface area (Å²) in [5.74, 6) is -0.552. The van der Waals surface area contributed by atoms with Gasteiger partial charge in [0.25, 0.3) is 5.91 Å². The summed E-state index contributed by atoms with van der Waals surface area (Å²) in [4.78, 5) is 27.9. The minimum Gasteiger partial charge on any atom is -0.465 e. The van der Waals surface area contributed by atoms with Gasteiger partial charge in [0.1, 0.15) is 0 Å². The maximum Gasteiger partial charge on any atom is 0.337 e. The van der Waals surface area contributed by atoms with Crippen LogP contribution in [0.15, 0.2) is 36.5 Å². The number of carbonyl (C=O) groups excluding carboxylic acids is 2. The van der Waals surface area contributed by atoms with E-state index in [0.717, 1.165) is 19.3 Å². The van der Waals surface area contributed by atoms with Crippen LogP contribution in [0.5, 0.6) is 0 Å². The fourth-order valence-corrected chi connectivity index (χ4v) is 2.81. The lowest BCUT2D eigenvalue weighted by Crippen LogP contribution is -2.23. The zero-order valence-electron chi connectivity index (χ0n) is 13.0. The molecule has 3 rings (SSSR count). The molecule has 0 bridgehead atoms. The summed E-state index contributed by atoms with van der Waals surface area (Å²) < 4.78 is 4.67. The van der Waals surface area contributed by atoms with Gasteiger partial charge in [0.2, 0.25) is 0 Å². The standard InChI is InChI=1S/C18H18N2O3/c1-23-18(22)15-7-8-19-16(10-15)11-20-17(21)14-6-5-12-3-2-4-13(12)9-14/h5-10H,2-4,11H2,1H3,(H,20,21). The molecule has 23 heavy (non-hydrogen) atoms. The number of methoxy groups -OCH3 is 1. The Balaban J connectivity index is 1.66. The van der Waals surface area contributed by atoms with E-state index in [0.29, 0.717) is 16.8 Å². The van der Waals surface area contributed by atoms with Gasteiger partial charge >= 0.3 is 5.97 Å². The predicted octanol–water partition coefficient (Wildman–Crippen LogP) is 2.29. The van der Waals surface area contributed by atoms with Crippen molar-refractivity contribution in [1.29, 1.82) is 0 Å². The SMILES string of the molecule is COC(=O)c1ccnc(CNC(=O)c2ccc3c(c2)CCC3)c1. The van der Waals surface area contributed by atoms with Crippen molar-refractivity contribution < 1.29 is 14.3 Å². The molecule has 1 amide bonds. The second kappa shape index (κ2) is 6.60. The van der Waals surface area contributed by atoms with Gasteiger partial charge in [0.15, 0.2) is 0 Å². The summed E-state index contributed by atoms with van der Waals surface area (Å²) in [5, 5.41) is 2.84. The molecule has 1 aromatic heterocycles. The number of fused-ring (bicyclic) bond motifs is 1. The first kappa shape index (κ1) is 15.2. The number of carbonyl (C=O) groups is 2. The molecular weight excluding hydrogens is 292 g/mol. The van der Waals surface area contributed by atoms with E-state index >= 15 is 0 Å². The van der Waals surface area contributed by atoms with Gasteiger partial charge in [-0.25, -0.2) is 4.79 Å². The van der Waals surface area contributed by atoms with E-state index in [1.54, 1.807) is 12.1 Å². The molecule has 118 valence electrons. The Bertz CT molecular complexity index is 756. The van der Waals surface area contributed by atoms with E-state index in [1.807, 2.05) is 18.2 Å². The van der Waals surface area contributed by atoms with Gasteiger partial charge in [0.05, 0.1) is 24.9 Å². The number of amides is 1. The van der Waals surface area contributed by atoms with Crippen LogP contribution >= 0.6 is 0 Å². The normalized spacial score (nSPS) is 12.6. The smallest absolute Gasteiger partial charge is 0.337 e.